The largest absolute Gasteiger partial charge is 0.459 e. The maximum atomic E-state index is 13.2. The first-order valence-electron chi connectivity index (χ1n) is 10.9. The van der Waals surface area contributed by atoms with Crippen molar-refractivity contribution in [2.24, 2.45) is 0 Å². The number of carbonyl (C=O) groups is 3. The Kier molecular flexibility index (Phi) is 7.95. The Morgan fingerprint density at radius 3 is 2.59 bits per heavy atom. The number of hydrogen-bond donors (Lipinski definition) is 0. The maximum absolute atomic E-state index is 13.2. The lowest BCUT2D eigenvalue weighted by Crippen LogP contribution is -2.52. The zero-order chi connectivity index (χ0) is 24.1. The molecule has 2 heterocycles. The Balaban J connectivity index is 1.28. The van der Waals surface area contributed by atoms with Gasteiger partial charge in [0.25, 0.3) is 0 Å². The summed E-state index contributed by atoms with van der Waals surface area (Å²) < 4.78 is 23.8. The van der Waals surface area contributed by atoms with E-state index in [0.717, 1.165) is 5.56 Å². The van der Waals surface area contributed by atoms with Crippen molar-refractivity contribution in [3.8, 4) is 0 Å². The van der Waals surface area contributed by atoms with Crippen molar-refractivity contribution in [2.45, 2.75) is 36.4 Å². The molecule has 0 radical (unpaired) electrons. The van der Waals surface area contributed by atoms with E-state index >= 15 is 0 Å². The minimum atomic E-state index is -0.792. The van der Waals surface area contributed by atoms with Crippen LogP contribution in [0.1, 0.15) is 18.4 Å². The lowest BCUT2D eigenvalue weighted by molar-refractivity contribution is -0.150. The highest BCUT2D eigenvalue weighted by molar-refractivity contribution is 8.00. The number of thioether (sulfide) groups is 1. The molecule has 2 aliphatic heterocycles. The SMILES string of the molecule is O=C(OCc1ccccc1)[C@@H]1COC(=O)N1C1CCN(C(=O)CSc2ccc(F)cc2Cl)CC1. The van der Waals surface area contributed by atoms with Crippen LogP contribution in [0.4, 0.5) is 9.18 Å². The average Bonchev–Trinajstić information content (AvgIpc) is 3.24. The standard InChI is InChI=1S/C24H24ClFN2O5S/c25-19-12-17(26)6-7-21(19)34-15-22(29)27-10-8-18(9-11-27)28-20(14-33-24(28)31)23(30)32-13-16-4-2-1-3-5-16/h1-7,12,18,20H,8-11,13-15H2/t20-/m0/s1. The van der Waals surface area contributed by atoms with Crippen LogP contribution in [0.15, 0.2) is 53.4 Å². The van der Waals surface area contributed by atoms with Crippen molar-refractivity contribution >= 4 is 41.3 Å². The molecular weight excluding hydrogens is 483 g/mol. The molecule has 0 spiro atoms. The van der Waals surface area contributed by atoms with Crippen LogP contribution < -0.4 is 0 Å². The first-order valence-corrected chi connectivity index (χ1v) is 12.3. The van der Waals surface area contributed by atoms with Gasteiger partial charge in [0.1, 0.15) is 19.0 Å². The van der Waals surface area contributed by atoms with Gasteiger partial charge in [-0.05, 0) is 36.6 Å². The van der Waals surface area contributed by atoms with Gasteiger partial charge in [-0.15, -0.1) is 11.8 Å². The molecule has 4 rings (SSSR count). The molecule has 2 fully saturated rings. The molecule has 0 bridgehead atoms. The van der Waals surface area contributed by atoms with Crippen molar-refractivity contribution in [3.05, 3.63) is 64.9 Å². The zero-order valence-corrected chi connectivity index (χ0v) is 19.9. The fraction of sp³-hybridized carbons (Fsp3) is 0.375. The topological polar surface area (TPSA) is 76.2 Å². The Bertz CT molecular complexity index is 1050. The van der Waals surface area contributed by atoms with Crippen molar-refractivity contribution in [1.82, 2.24) is 9.80 Å². The van der Waals surface area contributed by atoms with Gasteiger partial charge < -0.3 is 14.4 Å². The summed E-state index contributed by atoms with van der Waals surface area (Å²) in [6.45, 7) is 0.995. The molecule has 2 aromatic carbocycles. The monoisotopic (exact) mass is 506 g/mol. The van der Waals surface area contributed by atoms with E-state index in [1.807, 2.05) is 30.3 Å². The molecule has 1 atom stereocenters. The first kappa shape index (κ1) is 24.3. The van der Waals surface area contributed by atoms with Crippen LogP contribution in [0.2, 0.25) is 5.02 Å². The van der Waals surface area contributed by atoms with E-state index in [9.17, 15) is 18.8 Å². The van der Waals surface area contributed by atoms with E-state index < -0.39 is 23.9 Å². The second-order valence-electron chi connectivity index (χ2n) is 8.07. The van der Waals surface area contributed by atoms with Crippen LogP contribution in [-0.4, -0.2) is 65.3 Å². The molecule has 0 aliphatic carbocycles. The average molecular weight is 507 g/mol. The molecule has 10 heteroatoms. The summed E-state index contributed by atoms with van der Waals surface area (Å²) in [4.78, 5) is 41.5. The Labute approximate surface area is 206 Å². The van der Waals surface area contributed by atoms with Gasteiger partial charge in [-0.2, -0.15) is 0 Å². The van der Waals surface area contributed by atoms with E-state index in [0.29, 0.717) is 30.8 Å². The smallest absolute Gasteiger partial charge is 0.410 e. The molecule has 34 heavy (non-hydrogen) atoms. The van der Waals surface area contributed by atoms with Gasteiger partial charge in [0.05, 0.1) is 10.8 Å². The van der Waals surface area contributed by atoms with Gasteiger partial charge in [-0.3, -0.25) is 9.69 Å². The number of halogens is 2. The maximum Gasteiger partial charge on any atom is 0.410 e. The fourth-order valence-corrected chi connectivity index (χ4v) is 5.21. The Morgan fingerprint density at radius 1 is 1.15 bits per heavy atom. The summed E-state index contributed by atoms with van der Waals surface area (Å²) in [7, 11) is 0. The lowest BCUT2D eigenvalue weighted by Gasteiger charge is -2.37. The number of esters is 1. The summed E-state index contributed by atoms with van der Waals surface area (Å²) in [5.41, 5.74) is 0.860. The Morgan fingerprint density at radius 2 is 1.88 bits per heavy atom. The van der Waals surface area contributed by atoms with Crippen LogP contribution in [0.5, 0.6) is 0 Å². The highest BCUT2D eigenvalue weighted by Crippen LogP contribution is 2.29. The molecule has 2 aliphatic rings. The number of cyclic esters (lactones) is 1. The predicted molar refractivity (Wildman–Crippen MR) is 125 cm³/mol. The van der Waals surface area contributed by atoms with Gasteiger partial charge in [0, 0.05) is 24.0 Å². The van der Waals surface area contributed by atoms with E-state index in [4.69, 9.17) is 21.1 Å². The number of piperidine rings is 1. The highest BCUT2D eigenvalue weighted by Gasteiger charge is 2.44. The van der Waals surface area contributed by atoms with Gasteiger partial charge in [-0.1, -0.05) is 41.9 Å². The fourth-order valence-electron chi connectivity index (χ4n) is 4.06. The molecule has 0 unspecified atom stereocenters. The molecule has 7 nitrogen and oxygen atoms in total. The van der Waals surface area contributed by atoms with E-state index in [1.54, 1.807) is 11.0 Å². The third-order valence-corrected chi connectivity index (χ3v) is 7.35. The second-order valence-corrected chi connectivity index (χ2v) is 9.49. The minimum Gasteiger partial charge on any atom is -0.459 e. The van der Waals surface area contributed by atoms with Crippen molar-refractivity contribution in [1.29, 1.82) is 0 Å². The van der Waals surface area contributed by atoms with Gasteiger partial charge in [0.15, 0.2) is 6.04 Å². The third-order valence-electron chi connectivity index (χ3n) is 5.86. The molecule has 2 amide bonds. The highest BCUT2D eigenvalue weighted by atomic mass is 35.5. The van der Waals surface area contributed by atoms with Crippen molar-refractivity contribution in [2.75, 3.05) is 25.4 Å². The van der Waals surface area contributed by atoms with Crippen LogP contribution in [-0.2, 0) is 25.7 Å². The van der Waals surface area contributed by atoms with Crippen molar-refractivity contribution in [3.63, 3.8) is 0 Å². The first-order chi connectivity index (χ1) is 16.4. The number of benzene rings is 2. The van der Waals surface area contributed by atoms with Gasteiger partial charge in [0.2, 0.25) is 5.91 Å². The quantitative estimate of drug-likeness (QED) is 0.415. The molecule has 0 N–H and O–H groups in total. The van der Waals surface area contributed by atoms with Crippen LogP contribution in [0.25, 0.3) is 0 Å². The number of nitrogens with zero attached hydrogens (tertiary/aromatic N) is 2. The zero-order valence-electron chi connectivity index (χ0n) is 18.3. The van der Waals surface area contributed by atoms with Crippen LogP contribution in [0.3, 0.4) is 0 Å². The summed E-state index contributed by atoms with van der Waals surface area (Å²) in [6, 6.07) is 12.4. The van der Waals surface area contributed by atoms with Crippen molar-refractivity contribution < 1.29 is 28.2 Å². The van der Waals surface area contributed by atoms with Gasteiger partial charge >= 0.3 is 12.1 Å². The molecule has 0 aromatic heterocycles. The normalized spacial score (nSPS) is 18.6. The minimum absolute atomic E-state index is 0.0410. The summed E-state index contributed by atoms with van der Waals surface area (Å²) in [6.07, 6.45) is 0.532. The number of amides is 2. The predicted octanol–water partition coefficient (Wildman–Crippen LogP) is 4.13. The van der Waals surface area contributed by atoms with Crippen LogP contribution in [0, 0.1) is 5.82 Å². The molecule has 180 valence electrons. The number of likely N-dealkylation sites (tertiary alicyclic amines) is 1. The number of ether oxygens (including phenoxy) is 2. The molecule has 2 saturated heterocycles. The second kappa shape index (κ2) is 11.1. The number of rotatable bonds is 7. The summed E-state index contributed by atoms with van der Waals surface area (Å²) in [5, 5.41) is 0.272. The number of hydrogen-bond acceptors (Lipinski definition) is 6. The summed E-state index contributed by atoms with van der Waals surface area (Å²) >= 11 is 7.28. The molecule has 2 aromatic rings. The van der Waals surface area contributed by atoms with E-state index in [1.165, 1.54) is 28.8 Å². The van der Waals surface area contributed by atoms with Crippen LogP contribution >= 0.6 is 23.4 Å². The number of carbonyl (C=O) groups excluding carboxylic acids is 3. The molecule has 0 saturated carbocycles. The third kappa shape index (κ3) is 5.82. The Hall–Kier alpha value is -2.78. The molecular formula is C24H24ClFN2O5S. The lowest BCUT2D eigenvalue weighted by atomic mass is 10.0. The van der Waals surface area contributed by atoms with E-state index in [-0.39, 0.29) is 35.9 Å². The van der Waals surface area contributed by atoms with Gasteiger partial charge in [-0.25, -0.2) is 14.0 Å². The van der Waals surface area contributed by atoms with E-state index in [2.05, 4.69) is 0 Å². The summed E-state index contributed by atoms with van der Waals surface area (Å²) in [5.74, 6) is -0.811.